The fraction of sp³-hybridized carbons (Fsp3) is 0.750. The van der Waals surface area contributed by atoms with Crippen molar-refractivity contribution in [1.82, 2.24) is 20.0 Å². The predicted molar refractivity (Wildman–Crippen MR) is 67.4 cm³/mol. The summed E-state index contributed by atoms with van der Waals surface area (Å²) in [5, 5.41) is 7.72. The lowest BCUT2D eigenvalue weighted by Gasteiger charge is -2.32. The molecule has 92 valence electrons. The van der Waals surface area contributed by atoms with Crippen molar-refractivity contribution in [3.05, 3.63) is 17.5 Å². The smallest absolute Gasteiger partial charge is 0.0537 e. The van der Waals surface area contributed by atoms with Gasteiger partial charge in [0, 0.05) is 36.9 Å². The van der Waals surface area contributed by atoms with E-state index in [9.17, 15) is 0 Å². The molecule has 1 aromatic rings. The van der Waals surface area contributed by atoms with Gasteiger partial charge in [0.15, 0.2) is 0 Å². The number of nitrogens with one attached hydrogen (secondary N) is 1. The summed E-state index contributed by atoms with van der Waals surface area (Å²) in [6, 6.07) is 0. The monoisotopic (exact) mass is 224 g/mol. The lowest BCUT2D eigenvalue weighted by molar-refractivity contribution is 0.189. The van der Waals surface area contributed by atoms with E-state index in [2.05, 4.69) is 50.2 Å². The number of aryl methyl sites for hydroxylation is 1. The Labute approximate surface area is 98.6 Å². The zero-order chi connectivity index (χ0) is 12.3. The Hall–Kier alpha value is -0.870. The lowest BCUT2D eigenvalue weighted by atomic mass is 10.0. The predicted octanol–water partition coefficient (Wildman–Crippen LogP) is 1.16. The molecule has 16 heavy (non-hydrogen) atoms. The van der Waals surface area contributed by atoms with Crippen LogP contribution in [0.5, 0.6) is 0 Å². The molecule has 0 aliphatic carbocycles. The first-order valence-corrected chi connectivity index (χ1v) is 5.70. The Morgan fingerprint density at radius 3 is 2.50 bits per heavy atom. The van der Waals surface area contributed by atoms with Gasteiger partial charge in [-0.05, 0) is 34.9 Å². The Balaban J connectivity index is 2.45. The van der Waals surface area contributed by atoms with Gasteiger partial charge in [-0.15, -0.1) is 0 Å². The summed E-state index contributed by atoms with van der Waals surface area (Å²) >= 11 is 0. The molecule has 0 bridgehead atoms. The molecule has 4 nitrogen and oxygen atoms in total. The molecule has 1 rings (SSSR count). The molecule has 0 saturated heterocycles. The molecule has 1 N–H and O–H groups in total. The second kappa shape index (κ2) is 4.97. The minimum Gasteiger partial charge on any atom is -0.311 e. The molecule has 1 aromatic heterocycles. The van der Waals surface area contributed by atoms with Crippen LogP contribution in [0.15, 0.2) is 6.20 Å². The maximum Gasteiger partial charge on any atom is 0.0537 e. The van der Waals surface area contributed by atoms with Crippen LogP contribution >= 0.6 is 0 Å². The van der Waals surface area contributed by atoms with Gasteiger partial charge in [0.1, 0.15) is 0 Å². The highest BCUT2D eigenvalue weighted by atomic mass is 15.3. The molecular formula is C12H24N4. The summed E-state index contributed by atoms with van der Waals surface area (Å²) < 4.78 is 1.91. The van der Waals surface area contributed by atoms with Gasteiger partial charge in [-0.3, -0.25) is 4.68 Å². The standard InChI is InChI=1S/C12H24N4/c1-10-11(8-14-16(10)6)7-13-9-12(2,3)15(4)5/h8,13H,7,9H2,1-6H3. The van der Waals surface area contributed by atoms with Crippen LogP contribution < -0.4 is 5.32 Å². The second-order valence-corrected chi connectivity index (χ2v) is 5.19. The molecule has 1 heterocycles. The Kier molecular flexibility index (Phi) is 4.10. The van der Waals surface area contributed by atoms with Gasteiger partial charge in [-0.25, -0.2) is 0 Å². The van der Waals surface area contributed by atoms with Gasteiger partial charge in [0.05, 0.1) is 6.20 Å². The van der Waals surface area contributed by atoms with E-state index >= 15 is 0 Å². The SMILES string of the molecule is Cc1c(CNCC(C)(C)N(C)C)cnn1C. The summed E-state index contributed by atoms with van der Waals surface area (Å²) in [5.74, 6) is 0. The van der Waals surface area contributed by atoms with Gasteiger partial charge in [0.2, 0.25) is 0 Å². The van der Waals surface area contributed by atoms with Crippen LogP contribution in [0.1, 0.15) is 25.1 Å². The van der Waals surface area contributed by atoms with Crippen molar-refractivity contribution in [3.8, 4) is 0 Å². The van der Waals surface area contributed by atoms with Crippen molar-refractivity contribution in [2.45, 2.75) is 32.9 Å². The van der Waals surface area contributed by atoms with Crippen molar-refractivity contribution in [3.63, 3.8) is 0 Å². The Bertz CT molecular complexity index is 339. The van der Waals surface area contributed by atoms with Crippen LogP contribution in [0.3, 0.4) is 0 Å². The normalized spacial score (nSPS) is 12.4. The van der Waals surface area contributed by atoms with Crippen LogP contribution in [0.2, 0.25) is 0 Å². The number of likely N-dealkylation sites (N-methyl/N-ethyl adjacent to an activating group) is 1. The molecule has 0 aliphatic rings. The van der Waals surface area contributed by atoms with E-state index in [0.29, 0.717) is 0 Å². The summed E-state index contributed by atoms with van der Waals surface area (Å²) in [6.07, 6.45) is 1.94. The van der Waals surface area contributed by atoms with Crippen molar-refractivity contribution < 1.29 is 0 Å². The molecule has 0 amide bonds. The number of aromatic nitrogens is 2. The minimum absolute atomic E-state index is 0.177. The number of rotatable bonds is 5. The highest BCUT2D eigenvalue weighted by Crippen LogP contribution is 2.09. The zero-order valence-electron chi connectivity index (χ0n) is 11.3. The van der Waals surface area contributed by atoms with E-state index in [1.54, 1.807) is 0 Å². The molecule has 0 aromatic carbocycles. The molecule has 0 spiro atoms. The van der Waals surface area contributed by atoms with Crippen molar-refractivity contribution >= 4 is 0 Å². The summed E-state index contributed by atoms with van der Waals surface area (Å²) in [5.41, 5.74) is 2.68. The first-order valence-electron chi connectivity index (χ1n) is 5.70. The van der Waals surface area contributed by atoms with Gasteiger partial charge in [-0.1, -0.05) is 0 Å². The van der Waals surface area contributed by atoms with E-state index in [1.165, 1.54) is 11.3 Å². The van der Waals surface area contributed by atoms with Gasteiger partial charge >= 0.3 is 0 Å². The zero-order valence-corrected chi connectivity index (χ0v) is 11.3. The third-order valence-corrected chi connectivity index (χ3v) is 3.42. The van der Waals surface area contributed by atoms with Crippen LogP contribution in [0, 0.1) is 6.92 Å². The van der Waals surface area contributed by atoms with E-state index in [-0.39, 0.29) is 5.54 Å². The fourth-order valence-electron chi connectivity index (χ4n) is 1.38. The minimum atomic E-state index is 0.177. The summed E-state index contributed by atoms with van der Waals surface area (Å²) in [6.45, 7) is 8.42. The molecule has 0 unspecified atom stereocenters. The fourth-order valence-corrected chi connectivity index (χ4v) is 1.38. The van der Waals surface area contributed by atoms with Gasteiger partial charge < -0.3 is 10.2 Å². The molecule has 0 radical (unpaired) electrons. The third kappa shape index (κ3) is 3.06. The maximum atomic E-state index is 4.23. The number of hydrogen-bond acceptors (Lipinski definition) is 3. The molecule has 0 saturated carbocycles. The Morgan fingerprint density at radius 2 is 2.06 bits per heavy atom. The van der Waals surface area contributed by atoms with E-state index in [4.69, 9.17) is 0 Å². The number of nitrogens with zero attached hydrogens (tertiary/aromatic N) is 3. The van der Waals surface area contributed by atoms with Crippen LogP contribution in [0.4, 0.5) is 0 Å². The van der Waals surface area contributed by atoms with Crippen LogP contribution in [-0.2, 0) is 13.6 Å². The van der Waals surface area contributed by atoms with Crippen molar-refractivity contribution in [2.75, 3.05) is 20.6 Å². The molecule has 0 fully saturated rings. The first kappa shape index (κ1) is 13.2. The molecule has 0 aliphatic heterocycles. The van der Waals surface area contributed by atoms with Crippen LogP contribution in [-0.4, -0.2) is 40.9 Å². The van der Waals surface area contributed by atoms with Crippen LogP contribution in [0.25, 0.3) is 0 Å². The Morgan fingerprint density at radius 1 is 1.44 bits per heavy atom. The van der Waals surface area contributed by atoms with Gasteiger partial charge in [0.25, 0.3) is 0 Å². The topological polar surface area (TPSA) is 33.1 Å². The quantitative estimate of drug-likeness (QED) is 0.814. The van der Waals surface area contributed by atoms with E-state index < -0.39 is 0 Å². The molecule has 0 atom stereocenters. The average Bonchev–Trinajstić information content (AvgIpc) is 2.49. The summed E-state index contributed by atoms with van der Waals surface area (Å²) in [4.78, 5) is 2.23. The highest BCUT2D eigenvalue weighted by molar-refractivity contribution is 5.15. The van der Waals surface area contributed by atoms with Gasteiger partial charge in [-0.2, -0.15) is 5.10 Å². The van der Waals surface area contributed by atoms with E-state index in [0.717, 1.165) is 13.1 Å². The van der Waals surface area contributed by atoms with Crippen molar-refractivity contribution in [2.24, 2.45) is 7.05 Å². The lowest BCUT2D eigenvalue weighted by Crippen LogP contribution is -2.46. The second-order valence-electron chi connectivity index (χ2n) is 5.19. The van der Waals surface area contributed by atoms with E-state index in [1.807, 2.05) is 17.9 Å². The largest absolute Gasteiger partial charge is 0.311 e. The average molecular weight is 224 g/mol. The summed E-state index contributed by atoms with van der Waals surface area (Å²) in [7, 11) is 6.19. The number of hydrogen-bond donors (Lipinski definition) is 1. The molecular weight excluding hydrogens is 200 g/mol. The molecule has 4 heteroatoms. The first-order chi connectivity index (χ1) is 7.34. The third-order valence-electron chi connectivity index (χ3n) is 3.42. The maximum absolute atomic E-state index is 4.23. The highest BCUT2D eigenvalue weighted by Gasteiger charge is 2.19. The van der Waals surface area contributed by atoms with Crippen molar-refractivity contribution in [1.29, 1.82) is 0 Å².